The Hall–Kier alpha value is -1.92. The molecule has 4 heteroatoms. The summed E-state index contributed by atoms with van der Waals surface area (Å²) in [6.07, 6.45) is 11.4. The van der Waals surface area contributed by atoms with Gasteiger partial charge in [-0.2, -0.15) is 0 Å². The van der Waals surface area contributed by atoms with Crippen molar-refractivity contribution in [3.05, 3.63) is 0 Å². The molecule has 2 aliphatic rings. The summed E-state index contributed by atoms with van der Waals surface area (Å²) in [5.74, 6) is 23.4. The molecular formula is C25H32O4. The van der Waals surface area contributed by atoms with Crippen molar-refractivity contribution in [2.45, 2.75) is 83.2 Å². The molecule has 2 aliphatic heterocycles. The predicted molar refractivity (Wildman–Crippen MR) is 113 cm³/mol. The lowest BCUT2D eigenvalue weighted by atomic mass is 10.1. The molecule has 2 fully saturated rings. The van der Waals surface area contributed by atoms with Gasteiger partial charge in [0.2, 0.25) is 0 Å². The van der Waals surface area contributed by atoms with Crippen molar-refractivity contribution >= 4 is 0 Å². The average Bonchev–Trinajstić information content (AvgIpc) is 2.77. The highest BCUT2D eigenvalue weighted by Gasteiger charge is 2.13. The van der Waals surface area contributed by atoms with Gasteiger partial charge in [-0.15, -0.1) is 0 Å². The van der Waals surface area contributed by atoms with E-state index in [9.17, 15) is 0 Å². The minimum absolute atomic E-state index is 0.0791. The summed E-state index contributed by atoms with van der Waals surface area (Å²) in [5.41, 5.74) is 0. The molecule has 0 radical (unpaired) electrons. The summed E-state index contributed by atoms with van der Waals surface area (Å²) in [4.78, 5) is 0. The normalized spacial score (nSPS) is 20.6. The second-order valence-electron chi connectivity index (χ2n) is 6.98. The van der Waals surface area contributed by atoms with E-state index in [0.717, 1.165) is 71.0 Å². The SMILES string of the molecule is C(C#CCOC1CCCCO1)#CCCCCCC#CC#CCOC1CCCCO1. The van der Waals surface area contributed by atoms with Crippen molar-refractivity contribution in [3.8, 4) is 47.4 Å². The third-order valence-corrected chi connectivity index (χ3v) is 4.54. The molecule has 2 atom stereocenters. The van der Waals surface area contributed by atoms with Crippen LogP contribution in [0, 0.1) is 47.4 Å². The van der Waals surface area contributed by atoms with Crippen LogP contribution in [0.1, 0.15) is 70.6 Å². The molecule has 2 saturated heterocycles. The van der Waals surface area contributed by atoms with Gasteiger partial charge in [0, 0.05) is 26.1 Å². The number of hydrogen-bond acceptors (Lipinski definition) is 4. The molecule has 0 aromatic carbocycles. The Morgan fingerprint density at radius 3 is 1.52 bits per heavy atom. The van der Waals surface area contributed by atoms with E-state index in [1.807, 2.05) is 0 Å². The van der Waals surface area contributed by atoms with Crippen molar-refractivity contribution in [2.24, 2.45) is 0 Å². The van der Waals surface area contributed by atoms with Gasteiger partial charge in [0.15, 0.2) is 12.6 Å². The lowest BCUT2D eigenvalue weighted by Crippen LogP contribution is -2.22. The van der Waals surface area contributed by atoms with Gasteiger partial charge in [-0.3, -0.25) is 0 Å². The monoisotopic (exact) mass is 396 g/mol. The highest BCUT2D eigenvalue weighted by atomic mass is 16.7. The molecule has 0 bridgehead atoms. The van der Waals surface area contributed by atoms with Crippen LogP contribution < -0.4 is 0 Å². The Morgan fingerprint density at radius 2 is 1.07 bits per heavy atom. The molecule has 0 N–H and O–H groups in total. The van der Waals surface area contributed by atoms with Crippen molar-refractivity contribution in [2.75, 3.05) is 26.4 Å². The summed E-state index contributed by atoms with van der Waals surface area (Å²) in [5, 5.41) is 0. The fourth-order valence-corrected chi connectivity index (χ4v) is 2.93. The predicted octanol–water partition coefficient (Wildman–Crippen LogP) is 4.04. The van der Waals surface area contributed by atoms with Crippen LogP contribution in [0.4, 0.5) is 0 Å². The topological polar surface area (TPSA) is 36.9 Å². The molecule has 0 amide bonds. The smallest absolute Gasteiger partial charge is 0.158 e. The van der Waals surface area contributed by atoms with E-state index in [0.29, 0.717) is 13.2 Å². The van der Waals surface area contributed by atoms with E-state index >= 15 is 0 Å². The minimum atomic E-state index is -0.0791. The van der Waals surface area contributed by atoms with Crippen LogP contribution in [0.2, 0.25) is 0 Å². The van der Waals surface area contributed by atoms with Gasteiger partial charge >= 0.3 is 0 Å². The highest BCUT2D eigenvalue weighted by molar-refractivity contribution is 5.26. The van der Waals surface area contributed by atoms with E-state index in [1.165, 1.54) is 12.8 Å². The van der Waals surface area contributed by atoms with Crippen molar-refractivity contribution in [3.63, 3.8) is 0 Å². The first-order valence-corrected chi connectivity index (χ1v) is 10.8. The van der Waals surface area contributed by atoms with E-state index < -0.39 is 0 Å². The summed E-state index contributed by atoms with van der Waals surface area (Å²) < 4.78 is 22.0. The zero-order chi connectivity index (χ0) is 20.2. The maximum Gasteiger partial charge on any atom is 0.158 e. The van der Waals surface area contributed by atoms with Crippen molar-refractivity contribution in [1.29, 1.82) is 0 Å². The quantitative estimate of drug-likeness (QED) is 0.458. The summed E-state index contributed by atoms with van der Waals surface area (Å²) >= 11 is 0. The molecule has 29 heavy (non-hydrogen) atoms. The Labute approximate surface area is 176 Å². The molecule has 156 valence electrons. The molecule has 0 aliphatic carbocycles. The van der Waals surface area contributed by atoms with Gasteiger partial charge in [0.1, 0.15) is 13.2 Å². The van der Waals surface area contributed by atoms with Crippen LogP contribution in [0.25, 0.3) is 0 Å². The fraction of sp³-hybridized carbons (Fsp3) is 0.680. The Morgan fingerprint density at radius 1 is 0.586 bits per heavy atom. The lowest BCUT2D eigenvalue weighted by Gasteiger charge is -2.21. The fourth-order valence-electron chi connectivity index (χ4n) is 2.93. The van der Waals surface area contributed by atoms with Gasteiger partial charge in [-0.25, -0.2) is 0 Å². The maximum atomic E-state index is 5.53. The minimum Gasteiger partial charge on any atom is -0.353 e. The molecule has 2 heterocycles. The van der Waals surface area contributed by atoms with E-state index in [1.54, 1.807) is 0 Å². The van der Waals surface area contributed by atoms with Gasteiger partial charge in [0.25, 0.3) is 0 Å². The summed E-state index contributed by atoms with van der Waals surface area (Å²) in [6, 6.07) is 0. The van der Waals surface area contributed by atoms with Crippen LogP contribution >= 0.6 is 0 Å². The van der Waals surface area contributed by atoms with Crippen LogP contribution in [0.15, 0.2) is 0 Å². The van der Waals surface area contributed by atoms with Crippen molar-refractivity contribution in [1.82, 2.24) is 0 Å². The molecule has 0 aromatic heterocycles. The number of ether oxygens (including phenoxy) is 4. The first kappa shape index (κ1) is 23.4. The highest BCUT2D eigenvalue weighted by Crippen LogP contribution is 2.13. The van der Waals surface area contributed by atoms with E-state index in [2.05, 4.69) is 47.4 Å². The first-order valence-electron chi connectivity index (χ1n) is 10.8. The zero-order valence-electron chi connectivity index (χ0n) is 17.4. The molecule has 2 unspecified atom stereocenters. The third kappa shape index (κ3) is 13.0. The first-order chi connectivity index (χ1) is 14.4. The maximum absolute atomic E-state index is 5.53. The molecule has 2 rings (SSSR count). The largest absolute Gasteiger partial charge is 0.353 e. The molecule has 0 spiro atoms. The molecule has 0 saturated carbocycles. The standard InChI is InChI=1S/C25H32O4/c1(2-4-6-8-10-14-20-26-24-18-12-16-22-28-24)3-5-7-9-11-15-21-27-25-19-13-17-23-29-25/h24-25H,1-5,12-13,16-23H2. The zero-order valence-corrected chi connectivity index (χ0v) is 17.4. The van der Waals surface area contributed by atoms with Gasteiger partial charge in [-0.05, 0) is 75.0 Å². The molecule has 4 nitrogen and oxygen atoms in total. The average molecular weight is 397 g/mol. The second kappa shape index (κ2) is 17.0. The van der Waals surface area contributed by atoms with Crippen LogP contribution in [0.5, 0.6) is 0 Å². The van der Waals surface area contributed by atoms with Crippen molar-refractivity contribution < 1.29 is 18.9 Å². The van der Waals surface area contributed by atoms with E-state index in [4.69, 9.17) is 18.9 Å². The number of unbranched alkanes of at least 4 members (excludes halogenated alkanes) is 4. The van der Waals surface area contributed by atoms with Gasteiger partial charge in [-0.1, -0.05) is 30.1 Å². The Bertz CT molecular complexity index is 611. The van der Waals surface area contributed by atoms with E-state index in [-0.39, 0.29) is 12.6 Å². The van der Waals surface area contributed by atoms with Gasteiger partial charge < -0.3 is 18.9 Å². The lowest BCUT2D eigenvalue weighted by molar-refractivity contribution is -0.154. The molecular weight excluding hydrogens is 364 g/mol. The number of hydrogen-bond donors (Lipinski definition) is 0. The van der Waals surface area contributed by atoms with Crippen LogP contribution in [0.3, 0.4) is 0 Å². The summed E-state index contributed by atoms with van der Waals surface area (Å²) in [7, 11) is 0. The Balaban J connectivity index is 1.38. The van der Waals surface area contributed by atoms with Gasteiger partial charge in [0.05, 0.1) is 0 Å². The third-order valence-electron chi connectivity index (χ3n) is 4.54. The number of rotatable bonds is 8. The van der Waals surface area contributed by atoms with Crippen LogP contribution in [-0.2, 0) is 18.9 Å². The van der Waals surface area contributed by atoms with Crippen LogP contribution in [-0.4, -0.2) is 39.0 Å². The Kier molecular flexibility index (Phi) is 13.7. The summed E-state index contributed by atoms with van der Waals surface area (Å²) in [6.45, 7) is 2.37. The second-order valence-corrected chi connectivity index (χ2v) is 6.98. The molecule has 0 aromatic rings.